The van der Waals surface area contributed by atoms with Gasteiger partial charge in [-0.2, -0.15) is 8.75 Å². The first-order valence-electron chi connectivity index (χ1n) is 5.62. The fraction of sp³-hybridized carbons (Fsp3) is 0.182. The molecular weight excluding hydrogens is 282 g/mol. The Labute approximate surface area is 116 Å². The van der Waals surface area contributed by atoms with Gasteiger partial charge in [-0.3, -0.25) is 10.1 Å². The predicted octanol–water partition coefficient (Wildman–Crippen LogP) is 2.36. The summed E-state index contributed by atoms with van der Waals surface area (Å²) >= 11 is 2.51. The normalized spacial score (nSPS) is 10.8. The van der Waals surface area contributed by atoms with Gasteiger partial charge in [0.1, 0.15) is 16.0 Å². The number of hydrogen-bond donors (Lipinski definition) is 1. The van der Waals surface area contributed by atoms with E-state index in [9.17, 15) is 4.79 Å². The number of benzene rings is 1. The van der Waals surface area contributed by atoms with E-state index < -0.39 is 0 Å². The smallest absolute Gasteiger partial charge is 0.257 e. The van der Waals surface area contributed by atoms with E-state index in [1.165, 1.54) is 11.3 Å². The number of aryl methyl sites for hydroxylation is 1. The molecule has 0 saturated carbocycles. The van der Waals surface area contributed by atoms with Crippen LogP contribution in [0, 0.1) is 0 Å². The number of anilines is 1. The molecule has 1 N–H and O–H groups in total. The highest BCUT2D eigenvalue weighted by molar-refractivity contribution is 7.15. The number of nitrogens with zero attached hydrogens (tertiary/aromatic N) is 4. The monoisotopic (exact) mass is 291 g/mol. The van der Waals surface area contributed by atoms with Gasteiger partial charge in [-0.25, -0.2) is 0 Å². The van der Waals surface area contributed by atoms with Gasteiger partial charge in [-0.1, -0.05) is 18.3 Å². The van der Waals surface area contributed by atoms with Crippen molar-refractivity contribution >= 4 is 45.1 Å². The molecule has 6 nitrogen and oxygen atoms in total. The summed E-state index contributed by atoms with van der Waals surface area (Å²) in [4.78, 5) is 12.1. The van der Waals surface area contributed by atoms with Crippen LogP contribution in [0.3, 0.4) is 0 Å². The molecule has 19 heavy (non-hydrogen) atoms. The molecule has 0 bridgehead atoms. The molecule has 2 aromatic heterocycles. The average molecular weight is 291 g/mol. The topological polar surface area (TPSA) is 80.7 Å². The zero-order valence-electron chi connectivity index (χ0n) is 9.95. The zero-order valence-corrected chi connectivity index (χ0v) is 11.6. The van der Waals surface area contributed by atoms with Gasteiger partial charge in [-0.05, 0) is 24.6 Å². The van der Waals surface area contributed by atoms with Crippen LogP contribution in [0.25, 0.3) is 11.0 Å². The molecule has 1 amide bonds. The zero-order chi connectivity index (χ0) is 13.2. The molecule has 96 valence electrons. The Balaban J connectivity index is 1.82. The molecule has 0 atom stereocenters. The Bertz CT molecular complexity index is 735. The van der Waals surface area contributed by atoms with Crippen molar-refractivity contribution < 1.29 is 4.79 Å². The first-order chi connectivity index (χ1) is 9.26. The van der Waals surface area contributed by atoms with Crippen LogP contribution < -0.4 is 5.32 Å². The van der Waals surface area contributed by atoms with Gasteiger partial charge >= 0.3 is 0 Å². The molecule has 0 aliphatic rings. The average Bonchev–Trinajstić information content (AvgIpc) is 3.05. The van der Waals surface area contributed by atoms with Gasteiger partial charge in [0.25, 0.3) is 5.91 Å². The SMILES string of the molecule is CCc1nnc(NC(=O)c2ccc3nsnc3c2)s1. The maximum absolute atomic E-state index is 12.1. The number of carbonyl (C=O) groups excluding carboxylic acids is 1. The van der Waals surface area contributed by atoms with E-state index >= 15 is 0 Å². The van der Waals surface area contributed by atoms with Crippen molar-refractivity contribution in [2.75, 3.05) is 5.32 Å². The van der Waals surface area contributed by atoms with E-state index in [1.807, 2.05) is 6.92 Å². The lowest BCUT2D eigenvalue weighted by atomic mass is 10.2. The van der Waals surface area contributed by atoms with E-state index in [1.54, 1.807) is 18.2 Å². The van der Waals surface area contributed by atoms with Crippen molar-refractivity contribution in [3.63, 3.8) is 0 Å². The number of aromatic nitrogens is 4. The molecule has 2 heterocycles. The van der Waals surface area contributed by atoms with Crippen LogP contribution in [-0.2, 0) is 6.42 Å². The second-order valence-electron chi connectivity index (χ2n) is 3.78. The summed E-state index contributed by atoms with van der Waals surface area (Å²) < 4.78 is 8.21. The molecule has 3 aromatic rings. The fourth-order valence-corrected chi connectivity index (χ4v) is 2.73. The number of nitrogens with one attached hydrogen (secondary N) is 1. The van der Waals surface area contributed by atoms with Crippen molar-refractivity contribution in [1.82, 2.24) is 18.9 Å². The standard InChI is InChI=1S/C11H9N5OS2/c1-2-9-13-14-11(18-9)12-10(17)6-3-4-7-8(5-6)16-19-15-7/h3-5H,2H2,1H3,(H,12,14,17). The lowest BCUT2D eigenvalue weighted by Crippen LogP contribution is -2.11. The summed E-state index contributed by atoms with van der Waals surface area (Å²) in [6.45, 7) is 2.00. The summed E-state index contributed by atoms with van der Waals surface area (Å²) in [7, 11) is 0. The van der Waals surface area contributed by atoms with E-state index in [-0.39, 0.29) is 5.91 Å². The summed E-state index contributed by atoms with van der Waals surface area (Å²) in [5.41, 5.74) is 2.06. The van der Waals surface area contributed by atoms with Crippen LogP contribution in [0.4, 0.5) is 5.13 Å². The van der Waals surface area contributed by atoms with Crippen molar-refractivity contribution in [1.29, 1.82) is 0 Å². The lowest BCUT2D eigenvalue weighted by Gasteiger charge is -2.00. The summed E-state index contributed by atoms with van der Waals surface area (Å²) in [5, 5.41) is 12.0. The van der Waals surface area contributed by atoms with Crippen LogP contribution in [0.1, 0.15) is 22.3 Å². The van der Waals surface area contributed by atoms with Crippen molar-refractivity contribution in [2.45, 2.75) is 13.3 Å². The number of fused-ring (bicyclic) bond motifs is 1. The Morgan fingerprint density at radius 2 is 2.11 bits per heavy atom. The Morgan fingerprint density at radius 3 is 2.89 bits per heavy atom. The van der Waals surface area contributed by atoms with E-state index in [4.69, 9.17) is 0 Å². The maximum Gasteiger partial charge on any atom is 0.257 e. The third kappa shape index (κ3) is 2.45. The van der Waals surface area contributed by atoms with E-state index in [0.29, 0.717) is 10.7 Å². The minimum atomic E-state index is -0.214. The largest absolute Gasteiger partial charge is 0.296 e. The number of amides is 1. The Kier molecular flexibility index (Phi) is 3.18. The van der Waals surface area contributed by atoms with Gasteiger partial charge in [0.15, 0.2) is 0 Å². The third-order valence-corrected chi connectivity index (χ3v) is 4.05. The van der Waals surface area contributed by atoms with Gasteiger partial charge in [0, 0.05) is 5.56 Å². The molecule has 1 aromatic carbocycles. The van der Waals surface area contributed by atoms with Gasteiger partial charge < -0.3 is 0 Å². The molecule has 0 aliphatic heterocycles. The quantitative estimate of drug-likeness (QED) is 0.801. The van der Waals surface area contributed by atoms with Gasteiger partial charge in [0.2, 0.25) is 5.13 Å². The molecule has 0 aliphatic carbocycles. The van der Waals surface area contributed by atoms with Gasteiger partial charge in [-0.15, -0.1) is 10.2 Å². The Hall–Kier alpha value is -1.93. The van der Waals surface area contributed by atoms with Crippen molar-refractivity contribution in [3.05, 3.63) is 28.8 Å². The maximum atomic E-state index is 12.1. The predicted molar refractivity (Wildman–Crippen MR) is 74.7 cm³/mol. The summed E-state index contributed by atoms with van der Waals surface area (Å²) in [6.07, 6.45) is 0.810. The van der Waals surface area contributed by atoms with Crippen molar-refractivity contribution in [3.8, 4) is 0 Å². The first-order valence-corrected chi connectivity index (χ1v) is 7.17. The van der Waals surface area contributed by atoms with Crippen molar-refractivity contribution in [2.24, 2.45) is 0 Å². The number of carbonyl (C=O) groups is 1. The highest BCUT2D eigenvalue weighted by atomic mass is 32.1. The van der Waals surface area contributed by atoms with Crippen LogP contribution in [-0.4, -0.2) is 24.9 Å². The fourth-order valence-electron chi connectivity index (χ4n) is 1.54. The highest BCUT2D eigenvalue weighted by Crippen LogP contribution is 2.18. The molecule has 8 heteroatoms. The molecule has 0 saturated heterocycles. The summed E-state index contributed by atoms with van der Waals surface area (Å²) in [5.74, 6) is -0.214. The molecule has 0 spiro atoms. The molecule has 0 radical (unpaired) electrons. The highest BCUT2D eigenvalue weighted by Gasteiger charge is 2.11. The second kappa shape index (κ2) is 4.98. The molecule has 3 rings (SSSR count). The molecule has 0 fully saturated rings. The minimum absolute atomic E-state index is 0.214. The summed E-state index contributed by atoms with van der Waals surface area (Å²) in [6, 6.07) is 5.22. The van der Waals surface area contributed by atoms with E-state index in [0.717, 1.165) is 34.2 Å². The first kappa shape index (κ1) is 12.1. The van der Waals surface area contributed by atoms with Crippen LogP contribution in [0.15, 0.2) is 18.2 Å². The molecular formula is C11H9N5OS2. The number of rotatable bonds is 3. The van der Waals surface area contributed by atoms with Crippen LogP contribution in [0.2, 0.25) is 0 Å². The van der Waals surface area contributed by atoms with Crippen LogP contribution in [0.5, 0.6) is 0 Å². The minimum Gasteiger partial charge on any atom is -0.296 e. The van der Waals surface area contributed by atoms with Crippen LogP contribution >= 0.6 is 23.1 Å². The van der Waals surface area contributed by atoms with E-state index in [2.05, 4.69) is 24.3 Å². The Morgan fingerprint density at radius 1 is 1.26 bits per heavy atom. The van der Waals surface area contributed by atoms with Gasteiger partial charge in [0.05, 0.1) is 11.7 Å². The number of hydrogen-bond acceptors (Lipinski definition) is 7. The third-order valence-electron chi connectivity index (χ3n) is 2.51. The second-order valence-corrected chi connectivity index (χ2v) is 5.37. The molecule has 0 unspecified atom stereocenters. The lowest BCUT2D eigenvalue weighted by molar-refractivity contribution is 0.102.